The van der Waals surface area contributed by atoms with Gasteiger partial charge in [0.1, 0.15) is 11.6 Å². The molecule has 0 spiro atoms. The summed E-state index contributed by atoms with van der Waals surface area (Å²) >= 11 is 6.09. The zero-order valence-electron chi connectivity index (χ0n) is 12.0. The fourth-order valence-corrected chi connectivity index (χ4v) is 2.35. The Bertz CT molecular complexity index is 610. The minimum Gasteiger partial charge on any atom is -0.467 e. The van der Waals surface area contributed by atoms with Gasteiger partial charge in [-0.2, -0.15) is 0 Å². The third kappa shape index (κ3) is 3.12. The summed E-state index contributed by atoms with van der Waals surface area (Å²) in [5.41, 5.74) is 1.67. The summed E-state index contributed by atoms with van der Waals surface area (Å²) in [6.07, 6.45) is 3.47. The van der Waals surface area contributed by atoms with Crippen molar-refractivity contribution in [2.24, 2.45) is 0 Å². The molecule has 0 unspecified atom stereocenters. The Labute approximate surface area is 128 Å². The fraction of sp³-hybridized carbons (Fsp3) is 0.250. The summed E-state index contributed by atoms with van der Waals surface area (Å²) in [5, 5.41) is 0.538. The molecule has 5 heteroatoms. The second kappa shape index (κ2) is 6.78. The Kier molecular flexibility index (Phi) is 5.04. The van der Waals surface area contributed by atoms with Gasteiger partial charge in [-0.25, -0.2) is 4.39 Å². The Hall–Kier alpha value is -1.78. The van der Waals surface area contributed by atoms with Crippen molar-refractivity contribution in [2.45, 2.75) is 6.92 Å². The number of hydrogen-bond donors (Lipinski definition) is 0. The highest BCUT2D eigenvalue weighted by Crippen LogP contribution is 2.37. The van der Waals surface area contributed by atoms with E-state index in [-0.39, 0.29) is 12.6 Å². The summed E-state index contributed by atoms with van der Waals surface area (Å²) in [5.74, 6) is 0.0493. The topological polar surface area (TPSA) is 21.7 Å². The SMILES string of the molecule is C=C1C(Cl)=CC=C(c2c(F)cccc2OCOC)N1CC. The number of likely N-dealkylation sites (N-methyl/N-ethyl adjacent to an activating group) is 1. The van der Waals surface area contributed by atoms with Crippen LogP contribution in [0, 0.1) is 5.82 Å². The van der Waals surface area contributed by atoms with E-state index in [0.717, 1.165) is 0 Å². The molecular formula is C16H17ClFNO2. The van der Waals surface area contributed by atoms with Gasteiger partial charge in [-0.3, -0.25) is 0 Å². The van der Waals surface area contributed by atoms with Crippen LogP contribution < -0.4 is 4.74 Å². The number of nitrogens with zero attached hydrogens (tertiary/aromatic N) is 1. The predicted molar refractivity (Wildman–Crippen MR) is 82.3 cm³/mol. The Morgan fingerprint density at radius 3 is 2.76 bits per heavy atom. The van der Waals surface area contributed by atoms with E-state index >= 15 is 0 Å². The maximum absolute atomic E-state index is 14.3. The average Bonchev–Trinajstić information content (AvgIpc) is 2.48. The van der Waals surface area contributed by atoms with Crippen LogP contribution in [0.5, 0.6) is 5.75 Å². The molecule has 0 saturated heterocycles. The van der Waals surface area contributed by atoms with Gasteiger partial charge in [0.15, 0.2) is 6.79 Å². The second-order valence-corrected chi connectivity index (χ2v) is 4.83. The highest BCUT2D eigenvalue weighted by Gasteiger charge is 2.24. The van der Waals surface area contributed by atoms with Gasteiger partial charge in [0.05, 0.1) is 22.0 Å². The molecule has 0 atom stereocenters. The summed E-state index contributed by atoms with van der Waals surface area (Å²) < 4.78 is 24.7. The Morgan fingerprint density at radius 2 is 2.10 bits per heavy atom. The van der Waals surface area contributed by atoms with Crippen LogP contribution in [-0.4, -0.2) is 25.3 Å². The molecule has 0 aromatic heterocycles. The highest BCUT2D eigenvalue weighted by atomic mass is 35.5. The standard InChI is InChI=1S/C16H17ClFNO2/c1-4-19-11(2)12(17)8-9-14(19)16-13(18)6-5-7-15(16)21-10-20-3/h5-9H,2,4,10H2,1,3H3. The number of allylic oxidation sites excluding steroid dienone is 3. The van der Waals surface area contributed by atoms with Crippen LogP contribution in [0.3, 0.4) is 0 Å². The van der Waals surface area contributed by atoms with Crippen molar-refractivity contribution < 1.29 is 13.9 Å². The predicted octanol–water partition coefficient (Wildman–Crippen LogP) is 4.12. The lowest BCUT2D eigenvalue weighted by molar-refractivity contribution is 0.0506. The third-order valence-electron chi connectivity index (χ3n) is 3.16. The monoisotopic (exact) mass is 309 g/mol. The van der Waals surface area contributed by atoms with E-state index in [2.05, 4.69) is 6.58 Å². The van der Waals surface area contributed by atoms with Gasteiger partial charge in [0, 0.05) is 13.7 Å². The molecule has 0 saturated carbocycles. The van der Waals surface area contributed by atoms with Crippen LogP contribution >= 0.6 is 11.6 Å². The maximum Gasteiger partial charge on any atom is 0.188 e. The molecule has 0 amide bonds. The summed E-state index contributed by atoms with van der Waals surface area (Å²) in [4.78, 5) is 1.85. The molecule has 1 aromatic carbocycles. The van der Waals surface area contributed by atoms with Crippen molar-refractivity contribution in [3.05, 3.63) is 59.0 Å². The lowest BCUT2D eigenvalue weighted by Gasteiger charge is -2.31. The van der Waals surface area contributed by atoms with E-state index < -0.39 is 0 Å². The van der Waals surface area contributed by atoms with Crippen molar-refractivity contribution in [1.29, 1.82) is 0 Å². The molecule has 21 heavy (non-hydrogen) atoms. The van der Waals surface area contributed by atoms with Crippen molar-refractivity contribution in [3.63, 3.8) is 0 Å². The smallest absolute Gasteiger partial charge is 0.188 e. The quantitative estimate of drug-likeness (QED) is 0.764. The normalized spacial score (nSPS) is 14.9. The first-order chi connectivity index (χ1) is 10.1. The molecule has 1 aromatic rings. The second-order valence-electron chi connectivity index (χ2n) is 4.42. The van der Waals surface area contributed by atoms with Gasteiger partial charge in [0.2, 0.25) is 0 Å². The van der Waals surface area contributed by atoms with Gasteiger partial charge < -0.3 is 14.4 Å². The first-order valence-electron chi connectivity index (χ1n) is 6.55. The Balaban J connectivity index is 2.52. The van der Waals surface area contributed by atoms with Crippen molar-refractivity contribution in [3.8, 4) is 5.75 Å². The molecule has 0 N–H and O–H groups in total. The minimum atomic E-state index is -0.368. The van der Waals surface area contributed by atoms with Gasteiger partial charge in [0.25, 0.3) is 0 Å². The van der Waals surface area contributed by atoms with Gasteiger partial charge in [-0.1, -0.05) is 24.2 Å². The van der Waals surface area contributed by atoms with E-state index in [1.807, 2.05) is 11.8 Å². The van der Waals surface area contributed by atoms with Crippen LogP contribution in [0.1, 0.15) is 12.5 Å². The highest BCUT2D eigenvalue weighted by molar-refractivity contribution is 6.32. The molecule has 1 aliphatic heterocycles. The number of ether oxygens (including phenoxy) is 2. The zero-order valence-corrected chi connectivity index (χ0v) is 12.8. The van der Waals surface area contributed by atoms with Crippen molar-refractivity contribution >= 4 is 17.3 Å². The van der Waals surface area contributed by atoms with Crippen LogP contribution in [0.15, 0.2) is 47.7 Å². The molecule has 0 radical (unpaired) electrons. The number of methoxy groups -OCH3 is 1. The summed E-state index contributed by atoms with van der Waals surface area (Å²) in [7, 11) is 1.52. The van der Waals surface area contributed by atoms with Crippen molar-refractivity contribution in [1.82, 2.24) is 4.90 Å². The Morgan fingerprint density at radius 1 is 1.33 bits per heavy atom. The minimum absolute atomic E-state index is 0.0490. The van der Waals surface area contributed by atoms with E-state index in [1.54, 1.807) is 24.3 Å². The lowest BCUT2D eigenvalue weighted by atomic mass is 10.0. The fourth-order valence-electron chi connectivity index (χ4n) is 2.19. The molecule has 0 bridgehead atoms. The van der Waals surface area contributed by atoms with Gasteiger partial charge >= 0.3 is 0 Å². The first-order valence-corrected chi connectivity index (χ1v) is 6.92. The van der Waals surface area contributed by atoms with Gasteiger partial charge in [-0.05, 0) is 31.2 Å². The molecule has 2 rings (SSSR count). The van der Waals surface area contributed by atoms with E-state index in [0.29, 0.717) is 34.3 Å². The molecule has 1 aliphatic rings. The number of hydrogen-bond acceptors (Lipinski definition) is 3. The largest absolute Gasteiger partial charge is 0.467 e. The molecular weight excluding hydrogens is 293 g/mol. The average molecular weight is 310 g/mol. The zero-order chi connectivity index (χ0) is 15.4. The molecule has 0 aliphatic carbocycles. The number of rotatable bonds is 5. The van der Waals surface area contributed by atoms with E-state index in [1.165, 1.54) is 13.2 Å². The molecule has 3 nitrogen and oxygen atoms in total. The summed E-state index contributed by atoms with van der Waals surface area (Å²) in [6.45, 7) is 6.56. The van der Waals surface area contributed by atoms with Crippen molar-refractivity contribution in [2.75, 3.05) is 20.4 Å². The molecule has 0 fully saturated rings. The number of benzene rings is 1. The molecule has 112 valence electrons. The van der Waals surface area contributed by atoms with E-state index in [4.69, 9.17) is 21.1 Å². The van der Waals surface area contributed by atoms with Crippen LogP contribution in [0.25, 0.3) is 5.70 Å². The van der Waals surface area contributed by atoms with E-state index in [9.17, 15) is 4.39 Å². The van der Waals surface area contributed by atoms with Crippen LogP contribution in [-0.2, 0) is 4.74 Å². The molecule has 1 heterocycles. The lowest BCUT2D eigenvalue weighted by Crippen LogP contribution is -2.24. The van der Waals surface area contributed by atoms with Crippen LogP contribution in [0.4, 0.5) is 4.39 Å². The maximum atomic E-state index is 14.3. The summed E-state index contributed by atoms with van der Waals surface area (Å²) in [6, 6.07) is 4.70. The number of halogens is 2. The van der Waals surface area contributed by atoms with Crippen LogP contribution in [0.2, 0.25) is 0 Å². The first kappa shape index (κ1) is 15.6. The third-order valence-corrected chi connectivity index (χ3v) is 3.50. The van der Waals surface area contributed by atoms with Gasteiger partial charge in [-0.15, -0.1) is 0 Å².